The Kier molecular flexibility index (Phi) is 5.11. The second-order valence-electron chi connectivity index (χ2n) is 11.6. The summed E-state index contributed by atoms with van der Waals surface area (Å²) in [7, 11) is 0. The number of rotatable bonds is 3. The standard InChI is InChI=1S/C40H23N5O/c1-4-16-29-25(12-1)26-13-2-5-17-30(26)40(29)31-18-9-15-28(34(31)36-35(40)27-14-3-6-20-33(27)46-36)38-43-37(24-11-10-21-41-23-24)44-39(45-38)32-19-7-8-22-42-32/h1-23H. The number of furan rings is 1. The van der Waals surface area contributed by atoms with Gasteiger partial charge in [-0.15, -0.1) is 0 Å². The van der Waals surface area contributed by atoms with Gasteiger partial charge in [0.15, 0.2) is 17.5 Å². The molecule has 0 amide bonds. The number of hydrogen-bond acceptors (Lipinski definition) is 6. The first-order valence-electron chi connectivity index (χ1n) is 15.3. The van der Waals surface area contributed by atoms with Gasteiger partial charge in [0.25, 0.3) is 0 Å². The molecule has 0 saturated heterocycles. The number of pyridine rings is 2. The average Bonchev–Trinajstić information content (AvgIpc) is 3.76. The minimum atomic E-state index is -0.566. The van der Waals surface area contributed by atoms with Crippen LogP contribution in [0, 0.1) is 0 Å². The summed E-state index contributed by atoms with van der Waals surface area (Å²) in [6.07, 6.45) is 5.27. The summed E-state index contributed by atoms with van der Waals surface area (Å²) in [4.78, 5) is 23.9. The Morgan fingerprint density at radius 1 is 0.522 bits per heavy atom. The zero-order valence-corrected chi connectivity index (χ0v) is 24.4. The lowest BCUT2D eigenvalue weighted by molar-refractivity contribution is 0.628. The molecule has 0 unspecified atom stereocenters. The van der Waals surface area contributed by atoms with Crippen molar-refractivity contribution in [3.63, 3.8) is 0 Å². The number of nitrogens with zero attached hydrogens (tertiary/aromatic N) is 5. The molecule has 1 spiro atoms. The SMILES string of the molecule is c1ccc(-c2nc(-c3cccnc3)nc(-c3cccc4c3-c3oc5ccccc5c3C43c4ccccc4-c4ccccc43)n2)nc1. The van der Waals surface area contributed by atoms with Gasteiger partial charge < -0.3 is 4.42 Å². The molecule has 8 aromatic rings. The zero-order valence-electron chi connectivity index (χ0n) is 24.4. The Labute approximate surface area is 264 Å². The topological polar surface area (TPSA) is 77.6 Å². The Balaban J connectivity index is 1.33. The number of fused-ring (bicyclic) bond motifs is 12. The van der Waals surface area contributed by atoms with Crippen LogP contribution in [-0.4, -0.2) is 24.9 Å². The predicted octanol–water partition coefficient (Wildman–Crippen LogP) is 8.75. The van der Waals surface area contributed by atoms with Crippen LogP contribution in [0.15, 0.2) is 144 Å². The van der Waals surface area contributed by atoms with E-state index in [-0.39, 0.29) is 0 Å². The summed E-state index contributed by atoms with van der Waals surface area (Å²) in [6, 6.07) is 41.9. The Morgan fingerprint density at radius 3 is 2.00 bits per heavy atom. The molecule has 0 N–H and O–H groups in total. The number of aromatic nitrogens is 5. The molecule has 4 heterocycles. The highest BCUT2D eigenvalue weighted by Gasteiger charge is 2.55. The molecule has 0 saturated carbocycles. The molecule has 0 bridgehead atoms. The number of benzene rings is 4. The van der Waals surface area contributed by atoms with Crippen molar-refractivity contribution in [2.75, 3.05) is 0 Å². The van der Waals surface area contributed by atoms with Crippen molar-refractivity contribution >= 4 is 11.0 Å². The van der Waals surface area contributed by atoms with Crippen LogP contribution >= 0.6 is 0 Å². The lowest BCUT2D eigenvalue weighted by Crippen LogP contribution is -2.25. The van der Waals surface area contributed by atoms with Gasteiger partial charge in [-0.1, -0.05) is 91.0 Å². The van der Waals surface area contributed by atoms with Crippen molar-refractivity contribution in [3.05, 3.63) is 162 Å². The molecule has 0 fully saturated rings. The van der Waals surface area contributed by atoms with Crippen molar-refractivity contribution < 1.29 is 4.42 Å². The summed E-state index contributed by atoms with van der Waals surface area (Å²) >= 11 is 0. The van der Waals surface area contributed by atoms with E-state index in [1.54, 1.807) is 18.6 Å². The highest BCUT2D eigenvalue weighted by Crippen LogP contribution is 2.65. The molecule has 4 aromatic carbocycles. The summed E-state index contributed by atoms with van der Waals surface area (Å²) in [5, 5.41) is 1.10. The molecule has 2 aliphatic rings. The van der Waals surface area contributed by atoms with Gasteiger partial charge in [-0.05, 0) is 58.1 Å². The first-order valence-corrected chi connectivity index (χ1v) is 15.3. The van der Waals surface area contributed by atoms with Crippen LogP contribution in [0.1, 0.15) is 22.3 Å². The number of hydrogen-bond donors (Lipinski definition) is 0. The van der Waals surface area contributed by atoms with Gasteiger partial charge in [-0.2, -0.15) is 0 Å². The second kappa shape index (κ2) is 9.36. The van der Waals surface area contributed by atoms with Crippen molar-refractivity contribution in [1.29, 1.82) is 0 Å². The summed E-state index contributed by atoms with van der Waals surface area (Å²) < 4.78 is 6.85. The molecular formula is C40H23N5O. The quantitative estimate of drug-likeness (QED) is 0.205. The minimum Gasteiger partial charge on any atom is -0.456 e. The van der Waals surface area contributed by atoms with E-state index in [0.29, 0.717) is 23.2 Å². The van der Waals surface area contributed by atoms with Gasteiger partial charge in [0.2, 0.25) is 0 Å². The normalized spacial score (nSPS) is 13.4. The molecule has 0 atom stereocenters. The maximum Gasteiger partial charge on any atom is 0.182 e. The molecule has 46 heavy (non-hydrogen) atoms. The maximum atomic E-state index is 6.85. The van der Waals surface area contributed by atoms with Gasteiger partial charge in [-0.3, -0.25) is 9.97 Å². The molecule has 214 valence electrons. The summed E-state index contributed by atoms with van der Waals surface area (Å²) in [6.45, 7) is 0. The fourth-order valence-corrected chi connectivity index (χ4v) is 7.55. The fraction of sp³-hybridized carbons (Fsp3) is 0.0250. The third-order valence-electron chi connectivity index (χ3n) is 9.31. The van der Waals surface area contributed by atoms with E-state index in [4.69, 9.17) is 19.4 Å². The number of para-hydroxylation sites is 1. The van der Waals surface area contributed by atoms with Crippen LogP contribution < -0.4 is 0 Å². The zero-order chi connectivity index (χ0) is 30.2. The van der Waals surface area contributed by atoms with Crippen molar-refractivity contribution in [3.8, 4) is 56.7 Å². The van der Waals surface area contributed by atoms with Gasteiger partial charge in [-0.25, -0.2) is 15.0 Å². The molecule has 6 nitrogen and oxygen atoms in total. The first-order chi connectivity index (χ1) is 22.8. The molecule has 6 heteroatoms. The van der Waals surface area contributed by atoms with E-state index >= 15 is 0 Å². The Bertz CT molecular complexity index is 2380. The first kappa shape index (κ1) is 25.1. The monoisotopic (exact) mass is 589 g/mol. The van der Waals surface area contributed by atoms with Crippen LogP contribution in [0.3, 0.4) is 0 Å². The van der Waals surface area contributed by atoms with Gasteiger partial charge in [0.05, 0.1) is 5.41 Å². The smallest absolute Gasteiger partial charge is 0.182 e. The third-order valence-corrected chi connectivity index (χ3v) is 9.31. The van der Waals surface area contributed by atoms with E-state index in [2.05, 4.69) is 94.9 Å². The van der Waals surface area contributed by atoms with E-state index in [1.807, 2.05) is 36.4 Å². The lowest BCUT2D eigenvalue weighted by atomic mass is 9.70. The molecule has 10 rings (SSSR count). The fourth-order valence-electron chi connectivity index (χ4n) is 7.55. The van der Waals surface area contributed by atoms with Gasteiger partial charge >= 0.3 is 0 Å². The van der Waals surface area contributed by atoms with Crippen LogP contribution in [0.4, 0.5) is 0 Å². The van der Waals surface area contributed by atoms with Crippen LogP contribution in [-0.2, 0) is 5.41 Å². The Hall–Kier alpha value is -6.27. The second-order valence-corrected chi connectivity index (χ2v) is 11.6. The lowest BCUT2D eigenvalue weighted by Gasteiger charge is -2.30. The summed E-state index contributed by atoms with van der Waals surface area (Å²) in [5.74, 6) is 2.43. The third kappa shape index (κ3) is 3.27. The highest BCUT2D eigenvalue weighted by atomic mass is 16.3. The van der Waals surface area contributed by atoms with Gasteiger partial charge in [0, 0.05) is 46.2 Å². The minimum absolute atomic E-state index is 0.496. The van der Waals surface area contributed by atoms with Crippen LogP contribution in [0.25, 0.3) is 67.7 Å². The van der Waals surface area contributed by atoms with Crippen molar-refractivity contribution in [1.82, 2.24) is 24.9 Å². The molecule has 0 radical (unpaired) electrons. The average molecular weight is 590 g/mol. The van der Waals surface area contributed by atoms with Gasteiger partial charge in [0.1, 0.15) is 17.0 Å². The Morgan fingerprint density at radius 2 is 1.22 bits per heavy atom. The maximum absolute atomic E-state index is 6.85. The van der Waals surface area contributed by atoms with Crippen molar-refractivity contribution in [2.45, 2.75) is 5.41 Å². The van der Waals surface area contributed by atoms with E-state index in [0.717, 1.165) is 44.5 Å². The van der Waals surface area contributed by atoms with E-state index in [9.17, 15) is 0 Å². The van der Waals surface area contributed by atoms with Crippen LogP contribution in [0.2, 0.25) is 0 Å². The highest BCUT2D eigenvalue weighted by molar-refractivity contribution is 6.04. The molecule has 2 aliphatic carbocycles. The predicted molar refractivity (Wildman–Crippen MR) is 178 cm³/mol. The van der Waals surface area contributed by atoms with E-state index in [1.165, 1.54) is 22.3 Å². The van der Waals surface area contributed by atoms with Crippen LogP contribution in [0.5, 0.6) is 0 Å². The molecular weight excluding hydrogens is 566 g/mol. The van der Waals surface area contributed by atoms with E-state index < -0.39 is 5.41 Å². The van der Waals surface area contributed by atoms with Crippen molar-refractivity contribution in [2.24, 2.45) is 0 Å². The molecule has 0 aliphatic heterocycles. The molecule has 4 aromatic heterocycles. The summed E-state index contributed by atoms with van der Waals surface area (Å²) in [5.41, 5.74) is 10.9. The largest absolute Gasteiger partial charge is 0.456 e.